The standard InChI is InChI=1S/C19H24N2O3/c1-19(23,14-8-10-15(24-3)11-9-14)17-7-5-13-21(17)18(22)16-6-4-12-20(16)2/h4,6,8-12,17,23H,5,7,13H2,1-3H3/t17-,19-/m0/s1. The normalized spacial score (nSPS) is 20.0. The van der Waals surface area contributed by atoms with Crippen LogP contribution < -0.4 is 4.74 Å². The van der Waals surface area contributed by atoms with E-state index in [1.807, 2.05) is 54.2 Å². The predicted molar refractivity (Wildman–Crippen MR) is 92.0 cm³/mol. The molecular weight excluding hydrogens is 304 g/mol. The molecule has 2 aromatic rings. The Kier molecular flexibility index (Phi) is 4.37. The maximum atomic E-state index is 12.9. The van der Waals surface area contributed by atoms with Crippen LogP contribution in [0, 0.1) is 0 Å². The number of rotatable bonds is 4. The second-order valence-electron chi connectivity index (χ2n) is 6.54. The molecule has 5 heteroatoms. The molecule has 1 fully saturated rings. The highest BCUT2D eigenvalue weighted by Gasteiger charge is 2.43. The molecule has 1 aromatic heterocycles. The summed E-state index contributed by atoms with van der Waals surface area (Å²) in [6.45, 7) is 2.46. The fourth-order valence-electron chi connectivity index (χ4n) is 3.55. The number of amides is 1. The van der Waals surface area contributed by atoms with E-state index in [9.17, 15) is 9.90 Å². The third-order valence-electron chi connectivity index (χ3n) is 5.00. The Hall–Kier alpha value is -2.27. The van der Waals surface area contributed by atoms with Crippen LogP contribution in [0.5, 0.6) is 5.75 Å². The molecule has 1 aliphatic rings. The van der Waals surface area contributed by atoms with Crippen LogP contribution in [0.15, 0.2) is 42.6 Å². The third kappa shape index (κ3) is 2.80. The van der Waals surface area contributed by atoms with Crippen LogP contribution in [0.1, 0.15) is 35.8 Å². The van der Waals surface area contributed by atoms with Crippen LogP contribution >= 0.6 is 0 Å². The Morgan fingerprint density at radius 2 is 2.00 bits per heavy atom. The van der Waals surface area contributed by atoms with Crippen LogP contribution in [0.25, 0.3) is 0 Å². The molecule has 2 atom stereocenters. The average molecular weight is 328 g/mol. The summed E-state index contributed by atoms with van der Waals surface area (Å²) in [7, 11) is 3.48. The molecule has 3 rings (SSSR count). The first kappa shape index (κ1) is 16.6. The molecule has 1 aromatic carbocycles. The van der Waals surface area contributed by atoms with E-state index in [1.165, 1.54) is 0 Å². The zero-order chi connectivity index (χ0) is 17.3. The van der Waals surface area contributed by atoms with Crippen molar-refractivity contribution in [3.63, 3.8) is 0 Å². The zero-order valence-electron chi connectivity index (χ0n) is 14.4. The number of aryl methyl sites for hydroxylation is 1. The summed E-state index contributed by atoms with van der Waals surface area (Å²) in [5.41, 5.74) is 0.330. The molecule has 0 spiro atoms. The molecule has 0 bridgehead atoms. The summed E-state index contributed by atoms with van der Waals surface area (Å²) >= 11 is 0. The smallest absolute Gasteiger partial charge is 0.270 e. The van der Waals surface area contributed by atoms with Crippen molar-refractivity contribution in [3.8, 4) is 5.75 Å². The lowest BCUT2D eigenvalue weighted by molar-refractivity contribution is -0.0180. The molecule has 1 N–H and O–H groups in total. The molecule has 0 unspecified atom stereocenters. The molecule has 0 aliphatic carbocycles. The number of ether oxygens (including phenoxy) is 1. The van der Waals surface area contributed by atoms with Gasteiger partial charge in [-0.2, -0.15) is 0 Å². The minimum atomic E-state index is -1.11. The summed E-state index contributed by atoms with van der Waals surface area (Å²) in [5.74, 6) is 0.719. The lowest BCUT2D eigenvalue weighted by atomic mass is 9.86. The van der Waals surface area contributed by atoms with E-state index in [0.717, 1.165) is 24.2 Å². The highest BCUT2D eigenvalue weighted by atomic mass is 16.5. The van der Waals surface area contributed by atoms with Gasteiger partial charge in [-0.05, 0) is 49.6 Å². The maximum Gasteiger partial charge on any atom is 0.270 e. The second-order valence-corrected chi connectivity index (χ2v) is 6.54. The Morgan fingerprint density at radius 3 is 2.58 bits per heavy atom. The lowest BCUT2D eigenvalue weighted by Crippen LogP contribution is -2.48. The van der Waals surface area contributed by atoms with E-state index in [0.29, 0.717) is 12.2 Å². The number of carbonyl (C=O) groups excluding carboxylic acids is 1. The van der Waals surface area contributed by atoms with Crippen LogP contribution in [-0.2, 0) is 12.6 Å². The highest BCUT2D eigenvalue weighted by Crippen LogP contribution is 2.36. The van der Waals surface area contributed by atoms with Gasteiger partial charge >= 0.3 is 0 Å². The van der Waals surface area contributed by atoms with Gasteiger partial charge < -0.3 is 19.3 Å². The van der Waals surface area contributed by atoms with Crippen LogP contribution in [0.4, 0.5) is 0 Å². The molecule has 0 radical (unpaired) electrons. The molecule has 1 aliphatic heterocycles. The molecule has 0 saturated carbocycles. The van der Waals surface area contributed by atoms with Gasteiger partial charge in [0.05, 0.1) is 13.2 Å². The molecule has 128 valence electrons. The van der Waals surface area contributed by atoms with Gasteiger partial charge in [-0.1, -0.05) is 12.1 Å². The van der Waals surface area contributed by atoms with Crippen LogP contribution in [0.3, 0.4) is 0 Å². The SMILES string of the molecule is COc1ccc([C@](C)(O)[C@@H]2CCCN2C(=O)c2cccn2C)cc1. The first-order valence-corrected chi connectivity index (χ1v) is 8.24. The fourth-order valence-corrected chi connectivity index (χ4v) is 3.55. The lowest BCUT2D eigenvalue weighted by Gasteiger charge is -2.37. The quantitative estimate of drug-likeness (QED) is 0.938. The molecule has 1 amide bonds. The monoisotopic (exact) mass is 328 g/mol. The van der Waals surface area contributed by atoms with Gasteiger partial charge in [0.25, 0.3) is 5.91 Å². The van der Waals surface area contributed by atoms with Gasteiger partial charge in [0.1, 0.15) is 17.0 Å². The number of methoxy groups -OCH3 is 1. The van der Waals surface area contributed by atoms with Gasteiger partial charge in [-0.3, -0.25) is 4.79 Å². The number of benzene rings is 1. The first-order valence-electron chi connectivity index (χ1n) is 8.24. The number of carbonyl (C=O) groups is 1. The Bertz CT molecular complexity index is 718. The molecule has 24 heavy (non-hydrogen) atoms. The van der Waals surface area contributed by atoms with Crippen molar-refractivity contribution >= 4 is 5.91 Å². The number of hydrogen-bond donors (Lipinski definition) is 1. The Morgan fingerprint density at radius 1 is 1.29 bits per heavy atom. The molecular formula is C19H24N2O3. The van der Waals surface area contributed by atoms with Crippen molar-refractivity contribution in [2.75, 3.05) is 13.7 Å². The van der Waals surface area contributed by atoms with Crippen molar-refractivity contribution in [1.29, 1.82) is 0 Å². The highest BCUT2D eigenvalue weighted by molar-refractivity contribution is 5.93. The number of hydrogen-bond acceptors (Lipinski definition) is 3. The summed E-state index contributed by atoms with van der Waals surface area (Å²) < 4.78 is 7.00. The molecule has 5 nitrogen and oxygen atoms in total. The van der Waals surface area contributed by atoms with Gasteiger partial charge in [0, 0.05) is 19.8 Å². The van der Waals surface area contributed by atoms with E-state index in [-0.39, 0.29) is 11.9 Å². The van der Waals surface area contributed by atoms with E-state index < -0.39 is 5.60 Å². The fraction of sp³-hybridized carbons (Fsp3) is 0.421. The van der Waals surface area contributed by atoms with E-state index in [2.05, 4.69) is 0 Å². The first-order chi connectivity index (χ1) is 11.4. The van der Waals surface area contributed by atoms with Crippen molar-refractivity contribution in [3.05, 3.63) is 53.9 Å². The van der Waals surface area contributed by atoms with Crippen molar-refractivity contribution in [1.82, 2.24) is 9.47 Å². The largest absolute Gasteiger partial charge is 0.497 e. The van der Waals surface area contributed by atoms with Gasteiger partial charge in [0.15, 0.2) is 0 Å². The van der Waals surface area contributed by atoms with Crippen molar-refractivity contribution in [2.45, 2.75) is 31.4 Å². The average Bonchev–Trinajstić information content (AvgIpc) is 3.23. The van der Waals surface area contributed by atoms with Gasteiger partial charge in [-0.25, -0.2) is 0 Å². The Balaban J connectivity index is 1.88. The van der Waals surface area contributed by atoms with Crippen molar-refractivity contribution < 1.29 is 14.6 Å². The number of aliphatic hydroxyl groups is 1. The number of aromatic nitrogens is 1. The van der Waals surface area contributed by atoms with Crippen LogP contribution in [0.2, 0.25) is 0 Å². The van der Waals surface area contributed by atoms with Gasteiger partial charge in [0.2, 0.25) is 0 Å². The number of nitrogens with zero attached hydrogens (tertiary/aromatic N) is 2. The minimum absolute atomic E-state index is 0.0289. The summed E-state index contributed by atoms with van der Waals surface area (Å²) in [6, 6.07) is 10.8. The van der Waals surface area contributed by atoms with Crippen LogP contribution in [-0.4, -0.2) is 40.2 Å². The molecule has 1 saturated heterocycles. The maximum absolute atomic E-state index is 12.9. The van der Waals surface area contributed by atoms with Crippen molar-refractivity contribution in [2.24, 2.45) is 7.05 Å². The Labute approximate surface area is 142 Å². The predicted octanol–water partition coefficient (Wildman–Crippen LogP) is 2.55. The van der Waals surface area contributed by atoms with E-state index in [4.69, 9.17) is 4.74 Å². The zero-order valence-corrected chi connectivity index (χ0v) is 14.4. The van der Waals surface area contributed by atoms with E-state index in [1.54, 1.807) is 18.9 Å². The van der Waals surface area contributed by atoms with Gasteiger partial charge in [-0.15, -0.1) is 0 Å². The second kappa shape index (κ2) is 6.32. The van der Waals surface area contributed by atoms with E-state index >= 15 is 0 Å². The molecule has 2 heterocycles. The summed E-state index contributed by atoms with van der Waals surface area (Å²) in [6.07, 6.45) is 3.54. The number of likely N-dealkylation sites (tertiary alicyclic amines) is 1. The summed E-state index contributed by atoms with van der Waals surface area (Å²) in [4.78, 5) is 14.7. The minimum Gasteiger partial charge on any atom is -0.497 e. The summed E-state index contributed by atoms with van der Waals surface area (Å²) in [5, 5.41) is 11.2. The third-order valence-corrected chi connectivity index (χ3v) is 5.00. The topological polar surface area (TPSA) is 54.7 Å².